The molecule has 2 bridgehead atoms. The van der Waals surface area contributed by atoms with Crippen LogP contribution in [0.1, 0.15) is 46.4 Å². The van der Waals surface area contributed by atoms with E-state index in [1.54, 1.807) is 0 Å². The summed E-state index contributed by atoms with van der Waals surface area (Å²) in [7, 11) is 0. The van der Waals surface area contributed by atoms with Crippen LogP contribution in [0.15, 0.2) is 36.4 Å². The van der Waals surface area contributed by atoms with Gasteiger partial charge in [-0.05, 0) is 55.0 Å². The van der Waals surface area contributed by atoms with Crippen LogP contribution in [0.2, 0.25) is 0 Å². The fraction of sp³-hybridized carbons (Fsp3) is 0.455. The summed E-state index contributed by atoms with van der Waals surface area (Å²) in [6, 6.07) is 11.4. The highest BCUT2D eigenvalue weighted by molar-refractivity contribution is 6.25. The molecule has 4 aliphatic rings. The molecular formula is C22H24N2O2. The minimum absolute atomic E-state index is 0.142. The summed E-state index contributed by atoms with van der Waals surface area (Å²) >= 11 is 0. The minimum Gasteiger partial charge on any atom is -0.301 e. The summed E-state index contributed by atoms with van der Waals surface area (Å²) in [6.45, 7) is 3.53. The lowest BCUT2D eigenvalue weighted by Crippen LogP contribution is -2.45. The number of benzene rings is 2. The average molecular weight is 348 g/mol. The molecule has 4 heteroatoms. The van der Waals surface area contributed by atoms with Gasteiger partial charge in [0.05, 0.1) is 0 Å². The maximum absolute atomic E-state index is 13.0. The molecule has 2 saturated heterocycles. The summed E-state index contributed by atoms with van der Waals surface area (Å²) < 4.78 is 0. The molecule has 3 heterocycles. The predicted molar refractivity (Wildman–Crippen MR) is 101 cm³/mol. The van der Waals surface area contributed by atoms with Gasteiger partial charge in [-0.1, -0.05) is 24.3 Å². The van der Waals surface area contributed by atoms with Crippen molar-refractivity contribution in [3.8, 4) is 0 Å². The molecule has 3 fully saturated rings. The van der Waals surface area contributed by atoms with E-state index in [9.17, 15) is 9.59 Å². The van der Waals surface area contributed by atoms with E-state index in [0.717, 1.165) is 42.2 Å². The van der Waals surface area contributed by atoms with E-state index in [2.05, 4.69) is 4.90 Å². The number of hydrogen-bond acceptors (Lipinski definition) is 3. The Kier molecular flexibility index (Phi) is 3.82. The lowest BCUT2D eigenvalue weighted by molar-refractivity contribution is 0.0590. The number of hydrogen-bond donors (Lipinski definition) is 0. The molecule has 0 aromatic heterocycles. The molecule has 0 unspecified atom stereocenters. The van der Waals surface area contributed by atoms with E-state index in [1.165, 1.54) is 30.6 Å². The zero-order valence-electron chi connectivity index (χ0n) is 15.0. The van der Waals surface area contributed by atoms with Crippen LogP contribution in [0.4, 0.5) is 0 Å². The fourth-order valence-electron chi connectivity index (χ4n) is 5.11. The van der Waals surface area contributed by atoms with Gasteiger partial charge in [0.25, 0.3) is 11.8 Å². The molecule has 2 aromatic rings. The van der Waals surface area contributed by atoms with E-state index in [-0.39, 0.29) is 11.8 Å². The first kappa shape index (κ1) is 16.0. The molecule has 0 radical (unpaired) electrons. The summed E-state index contributed by atoms with van der Waals surface area (Å²) in [5.41, 5.74) is 1.32. The molecule has 0 spiro atoms. The molecular weight excluding hydrogens is 324 g/mol. The summed E-state index contributed by atoms with van der Waals surface area (Å²) in [5.74, 6) is 1.32. The molecule has 0 N–H and O–H groups in total. The van der Waals surface area contributed by atoms with Crippen molar-refractivity contribution in [2.45, 2.75) is 25.7 Å². The Labute approximate surface area is 153 Å². The number of nitrogens with zero attached hydrogens (tertiary/aromatic N) is 2. The zero-order chi connectivity index (χ0) is 17.7. The van der Waals surface area contributed by atoms with Gasteiger partial charge in [-0.3, -0.25) is 14.5 Å². The topological polar surface area (TPSA) is 40.6 Å². The SMILES string of the molecule is O=C1c2cccc3cccc(c23)C(=O)N1CCN1CC2CCC(CC2)C1. The van der Waals surface area contributed by atoms with E-state index in [0.29, 0.717) is 17.7 Å². The number of rotatable bonds is 3. The monoisotopic (exact) mass is 348 g/mol. The molecule has 1 aliphatic carbocycles. The van der Waals surface area contributed by atoms with E-state index < -0.39 is 0 Å². The Hall–Kier alpha value is -2.20. The number of imide groups is 1. The maximum atomic E-state index is 13.0. The minimum atomic E-state index is -0.142. The molecule has 0 atom stereocenters. The van der Waals surface area contributed by atoms with Crippen LogP contribution in [-0.4, -0.2) is 47.8 Å². The highest BCUT2D eigenvalue weighted by Gasteiger charge is 2.34. The number of carbonyl (C=O) groups is 2. The van der Waals surface area contributed by atoms with Gasteiger partial charge in [-0.15, -0.1) is 0 Å². The van der Waals surface area contributed by atoms with Crippen molar-refractivity contribution in [3.05, 3.63) is 47.5 Å². The van der Waals surface area contributed by atoms with Gasteiger partial charge < -0.3 is 4.90 Å². The molecule has 3 aliphatic heterocycles. The normalized spacial score (nSPS) is 25.8. The van der Waals surface area contributed by atoms with Crippen molar-refractivity contribution in [1.82, 2.24) is 9.80 Å². The van der Waals surface area contributed by atoms with Crippen LogP contribution in [0.25, 0.3) is 10.8 Å². The van der Waals surface area contributed by atoms with Crippen molar-refractivity contribution in [3.63, 3.8) is 0 Å². The summed E-state index contributed by atoms with van der Waals surface area (Å²) in [4.78, 5) is 29.9. The molecule has 2 aromatic carbocycles. The van der Waals surface area contributed by atoms with Gasteiger partial charge in [-0.2, -0.15) is 0 Å². The average Bonchev–Trinajstić information content (AvgIpc) is 2.99. The Balaban J connectivity index is 1.39. The number of fused-ring (bicyclic) bond motifs is 4. The summed E-state index contributed by atoms with van der Waals surface area (Å²) in [6.07, 6.45) is 5.38. The van der Waals surface area contributed by atoms with Crippen molar-refractivity contribution in [1.29, 1.82) is 0 Å². The second kappa shape index (κ2) is 6.20. The first-order valence-corrected chi connectivity index (χ1v) is 9.81. The summed E-state index contributed by atoms with van der Waals surface area (Å²) in [5, 5.41) is 1.78. The third-order valence-electron chi connectivity index (χ3n) is 6.49. The second-order valence-electron chi connectivity index (χ2n) is 8.12. The van der Waals surface area contributed by atoms with Crippen LogP contribution in [-0.2, 0) is 0 Å². The van der Waals surface area contributed by atoms with Crippen LogP contribution in [0.3, 0.4) is 0 Å². The first-order valence-electron chi connectivity index (χ1n) is 9.81. The highest BCUT2D eigenvalue weighted by atomic mass is 16.2. The molecule has 134 valence electrons. The van der Waals surface area contributed by atoms with Crippen molar-refractivity contribution in [2.24, 2.45) is 11.8 Å². The van der Waals surface area contributed by atoms with Gasteiger partial charge in [0.2, 0.25) is 0 Å². The van der Waals surface area contributed by atoms with Crippen molar-refractivity contribution in [2.75, 3.05) is 26.2 Å². The Morgan fingerprint density at radius 3 is 1.85 bits per heavy atom. The Morgan fingerprint density at radius 2 is 1.31 bits per heavy atom. The second-order valence-corrected chi connectivity index (χ2v) is 8.12. The third kappa shape index (κ3) is 2.55. The van der Waals surface area contributed by atoms with Crippen LogP contribution in [0, 0.1) is 11.8 Å². The van der Waals surface area contributed by atoms with E-state index in [1.807, 2.05) is 36.4 Å². The molecule has 6 rings (SSSR count). The van der Waals surface area contributed by atoms with Gasteiger partial charge in [0.15, 0.2) is 0 Å². The van der Waals surface area contributed by atoms with E-state index in [4.69, 9.17) is 0 Å². The first-order chi connectivity index (χ1) is 12.7. The lowest BCUT2D eigenvalue weighted by Gasteiger charge is -2.30. The van der Waals surface area contributed by atoms with Crippen molar-refractivity contribution < 1.29 is 9.59 Å². The van der Waals surface area contributed by atoms with E-state index >= 15 is 0 Å². The number of carbonyl (C=O) groups excluding carboxylic acids is 2. The fourth-order valence-corrected chi connectivity index (χ4v) is 5.11. The number of amides is 2. The quantitative estimate of drug-likeness (QED) is 0.797. The largest absolute Gasteiger partial charge is 0.301 e. The standard InChI is InChI=1S/C22H24N2O2/c25-21-18-5-1-3-17-4-2-6-19(20(17)18)22(26)24(21)12-11-23-13-15-7-8-16(14-23)10-9-15/h1-6,15-16H,7-14H2. The van der Waals surface area contributed by atoms with Crippen molar-refractivity contribution >= 4 is 22.6 Å². The lowest BCUT2D eigenvalue weighted by atomic mass is 9.84. The zero-order valence-corrected chi connectivity index (χ0v) is 15.0. The predicted octanol–water partition coefficient (Wildman–Crippen LogP) is 3.56. The molecule has 2 amide bonds. The highest BCUT2D eigenvalue weighted by Crippen LogP contribution is 2.34. The maximum Gasteiger partial charge on any atom is 0.261 e. The van der Waals surface area contributed by atoms with Crippen LogP contribution >= 0.6 is 0 Å². The van der Waals surface area contributed by atoms with Crippen LogP contribution in [0.5, 0.6) is 0 Å². The molecule has 26 heavy (non-hydrogen) atoms. The van der Waals surface area contributed by atoms with Gasteiger partial charge in [0, 0.05) is 42.7 Å². The van der Waals surface area contributed by atoms with Gasteiger partial charge in [0.1, 0.15) is 0 Å². The van der Waals surface area contributed by atoms with Gasteiger partial charge >= 0.3 is 0 Å². The van der Waals surface area contributed by atoms with Crippen LogP contribution < -0.4 is 0 Å². The van der Waals surface area contributed by atoms with Gasteiger partial charge in [-0.25, -0.2) is 0 Å². The molecule has 1 saturated carbocycles. The Morgan fingerprint density at radius 1 is 0.769 bits per heavy atom. The Bertz CT molecular complexity index is 818. The third-order valence-corrected chi connectivity index (χ3v) is 6.49. The smallest absolute Gasteiger partial charge is 0.261 e. The molecule has 4 nitrogen and oxygen atoms in total.